The Bertz CT molecular complexity index is 1410. The summed E-state index contributed by atoms with van der Waals surface area (Å²) in [5.41, 5.74) is 13.3. The van der Waals surface area contributed by atoms with Crippen LogP contribution in [0.15, 0.2) is 121 Å². The molecule has 37 heavy (non-hydrogen) atoms. The van der Waals surface area contributed by atoms with E-state index in [0.717, 1.165) is 0 Å². The third kappa shape index (κ3) is 2.89. The van der Waals surface area contributed by atoms with E-state index in [1.807, 2.05) is 0 Å². The molecule has 0 nitrogen and oxygen atoms in total. The first-order valence-corrected chi connectivity index (χ1v) is 15.7. The van der Waals surface area contributed by atoms with Gasteiger partial charge in [0.05, 0.1) is 8.07 Å². The number of fused-ring (bicyclic) bond motifs is 4. The van der Waals surface area contributed by atoms with Crippen molar-refractivity contribution in [2.24, 2.45) is 0 Å². The third-order valence-corrected chi connectivity index (χ3v) is 15.7. The van der Waals surface area contributed by atoms with Crippen LogP contribution >= 0.6 is 0 Å². The van der Waals surface area contributed by atoms with Crippen molar-refractivity contribution in [2.75, 3.05) is 0 Å². The van der Waals surface area contributed by atoms with Gasteiger partial charge in [-0.2, -0.15) is 0 Å². The monoisotopic (exact) mass is 488 g/mol. The van der Waals surface area contributed by atoms with Gasteiger partial charge in [0.1, 0.15) is 0 Å². The third-order valence-electron chi connectivity index (χ3n) is 9.35. The summed E-state index contributed by atoms with van der Waals surface area (Å²) in [6.45, 7) is 0. The molecule has 0 fully saturated rings. The number of rotatable bonds is 4. The Hall–Kier alpha value is -3.94. The van der Waals surface area contributed by atoms with Crippen molar-refractivity contribution in [1.82, 2.24) is 0 Å². The van der Waals surface area contributed by atoms with Gasteiger partial charge in [-0.1, -0.05) is 146 Å². The van der Waals surface area contributed by atoms with Crippen LogP contribution in [0.4, 0.5) is 0 Å². The number of hydrogen-bond acceptors (Lipinski definition) is 0. The van der Waals surface area contributed by atoms with Crippen LogP contribution in [0, 0.1) is 0 Å². The Morgan fingerprint density at radius 3 is 0.838 bits per heavy atom. The maximum atomic E-state index is 2.58. The summed E-state index contributed by atoms with van der Waals surface area (Å²) in [5.74, 6) is 0. The molecule has 0 saturated heterocycles. The first-order chi connectivity index (χ1) is 18.4. The zero-order valence-electron chi connectivity index (χ0n) is 20.7. The molecule has 0 radical (unpaired) electrons. The topological polar surface area (TPSA) is 0 Å². The van der Waals surface area contributed by atoms with Crippen LogP contribution in [-0.4, -0.2) is 8.07 Å². The number of hydrogen-bond donors (Lipinski definition) is 0. The number of benzene rings is 4. The van der Waals surface area contributed by atoms with E-state index in [9.17, 15) is 0 Å². The highest BCUT2D eigenvalue weighted by molar-refractivity contribution is 6.87. The van der Waals surface area contributed by atoms with Gasteiger partial charge < -0.3 is 0 Å². The Morgan fingerprint density at radius 2 is 0.568 bits per heavy atom. The normalized spacial score (nSPS) is 25.1. The second-order valence-electron chi connectivity index (χ2n) is 10.9. The fourth-order valence-corrected chi connectivity index (χ4v) is 15.1. The average Bonchev–Trinajstić information content (AvgIpc) is 3.75. The summed E-state index contributed by atoms with van der Waals surface area (Å²) >= 11 is 0. The molecule has 8 rings (SSSR count). The van der Waals surface area contributed by atoms with Crippen LogP contribution in [0.25, 0.3) is 24.3 Å². The Balaban J connectivity index is 1.47. The van der Waals surface area contributed by atoms with Crippen molar-refractivity contribution < 1.29 is 0 Å². The van der Waals surface area contributed by atoms with Gasteiger partial charge in [0.2, 0.25) is 0 Å². The second kappa shape index (κ2) is 8.03. The summed E-state index contributed by atoms with van der Waals surface area (Å²) < 4.78 is 0. The van der Waals surface area contributed by atoms with E-state index in [2.05, 4.69) is 146 Å². The summed E-state index contributed by atoms with van der Waals surface area (Å²) in [6, 6.07) is 36.6. The first kappa shape index (κ1) is 21.2. The molecule has 0 N–H and O–H groups in total. The molecule has 4 aromatic rings. The lowest BCUT2D eigenvalue weighted by Gasteiger charge is -2.50. The highest BCUT2D eigenvalue weighted by Gasteiger charge is 2.60. The largest absolute Gasteiger partial charge is 0.0997 e. The van der Waals surface area contributed by atoms with Crippen molar-refractivity contribution in [2.45, 2.75) is 22.2 Å². The van der Waals surface area contributed by atoms with E-state index in [0.29, 0.717) is 22.2 Å². The Morgan fingerprint density at radius 1 is 0.324 bits per heavy atom. The van der Waals surface area contributed by atoms with E-state index >= 15 is 0 Å². The van der Waals surface area contributed by atoms with E-state index in [4.69, 9.17) is 0 Å². The van der Waals surface area contributed by atoms with E-state index in [1.54, 1.807) is 0 Å². The number of allylic oxidation sites excluding steroid dienone is 4. The Kier molecular flexibility index (Phi) is 4.59. The molecule has 0 spiro atoms. The fourth-order valence-electron chi connectivity index (χ4n) is 7.90. The highest BCUT2D eigenvalue weighted by Crippen LogP contribution is 2.61. The second-order valence-corrected chi connectivity index (χ2v) is 15.4. The first-order valence-electron chi connectivity index (χ1n) is 13.4. The van der Waals surface area contributed by atoms with Crippen molar-refractivity contribution in [1.29, 1.82) is 0 Å². The minimum absolute atomic E-state index is 0.408. The SMILES string of the molecule is C1=CC([Si](C2C=Cc3ccccc32)(C2C=Cc3ccccc32)C2C=Cc3ccccc32)c2ccccc21. The molecule has 4 aromatic carbocycles. The predicted octanol–water partition coefficient (Wildman–Crippen LogP) is 8.83. The molecule has 0 bridgehead atoms. The van der Waals surface area contributed by atoms with Gasteiger partial charge in [-0.15, -0.1) is 0 Å². The highest BCUT2D eigenvalue weighted by atomic mass is 28.3. The van der Waals surface area contributed by atoms with E-state index in [-0.39, 0.29) is 0 Å². The fraction of sp³-hybridized carbons (Fsp3) is 0.111. The molecule has 0 aliphatic heterocycles. The standard InChI is InChI=1S/C36H28Si/c1-5-13-29-25(9-1)17-21-33(29)37(34-22-18-26-10-2-6-14-30(26)34,35-23-19-27-11-3-7-15-31(27)35)36-24-20-28-12-4-8-16-32(28)36/h1-24,33-36H. The van der Waals surface area contributed by atoms with Crippen LogP contribution in [0.2, 0.25) is 0 Å². The van der Waals surface area contributed by atoms with Crippen molar-refractivity contribution >= 4 is 32.4 Å². The van der Waals surface area contributed by atoms with Gasteiger partial charge in [0.15, 0.2) is 0 Å². The van der Waals surface area contributed by atoms with Crippen molar-refractivity contribution in [3.8, 4) is 0 Å². The summed E-state index contributed by atoms with van der Waals surface area (Å²) in [4.78, 5) is 0. The summed E-state index contributed by atoms with van der Waals surface area (Å²) in [7, 11) is -2.42. The quantitative estimate of drug-likeness (QED) is 0.252. The summed E-state index contributed by atoms with van der Waals surface area (Å²) in [5, 5.41) is 0. The molecule has 1 heteroatoms. The van der Waals surface area contributed by atoms with Crippen LogP contribution < -0.4 is 0 Å². The molecule has 0 aromatic heterocycles. The predicted molar refractivity (Wildman–Crippen MR) is 159 cm³/mol. The molecule has 4 atom stereocenters. The Labute approximate surface area is 220 Å². The minimum atomic E-state index is -2.42. The van der Waals surface area contributed by atoms with Crippen LogP contribution in [-0.2, 0) is 0 Å². The van der Waals surface area contributed by atoms with Gasteiger partial charge in [0.25, 0.3) is 0 Å². The van der Waals surface area contributed by atoms with Gasteiger partial charge in [-0.3, -0.25) is 0 Å². The molecular formula is C36H28Si. The van der Waals surface area contributed by atoms with Gasteiger partial charge in [-0.25, -0.2) is 0 Å². The van der Waals surface area contributed by atoms with Crippen LogP contribution in [0.1, 0.15) is 66.7 Å². The van der Waals surface area contributed by atoms with Gasteiger partial charge >= 0.3 is 0 Å². The average molecular weight is 489 g/mol. The van der Waals surface area contributed by atoms with E-state index < -0.39 is 8.07 Å². The molecule has 4 aliphatic carbocycles. The smallest absolute Gasteiger partial charge is 0.0790 e. The maximum absolute atomic E-state index is 2.58. The zero-order valence-corrected chi connectivity index (χ0v) is 21.7. The molecule has 0 heterocycles. The molecule has 4 unspecified atom stereocenters. The van der Waals surface area contributed by atoms with Gasteiger partial charge in [-0.05, 0) is 44.5 Å². The zero-order chi connectivity index (χ0) is 24.4. The van der Waals surface area contributed by atoms with Crippen LogP contribution in [0.3, 0.4) is 0 Å². The maximum Gasteiger partial charge on any atom is 0.0997 e. The lowest BCUT2D eigenvalue weighted by atomic mass is 10.1. The molecule has 0 amide bonds. The van der Waals surface area contributed by atoms with E-state index in [1.165, 1.54) is 44.5 Å². The molecule has 176 valence electrons. The summed E-state index contributed by atoms with van der Waals surface area (Å²) in [6.07, 6.45) is 19.9. The van der Waals surface area contributed by atoms with Crippen molar-refractivity contribution in [3.05, 3.63) is 166 Å². The van der Waals surface area contributed by atoms with Crippen molar-refractivity contribution in [3.63, 3.8) is 0 Å². The molecular weight excluding hydrogens is 460 g/mol. The van der Waals surface area contributed by atoms with Crippen LogP contribution in [0.5, 0.6) is 0 Å². The lowest BCUT2D eigenvalue weighted by molar-refractivity contribution is 0.884. The molecule has 0 saturated carbocycles. The minimum Gasteiger partial charge on any atom is -0.0790 e. The van der Waals surface area contributed by atoms with Gasteiger partial charge in [0, 0.05) is 22.2 Å². The molecule has 4 aliphatic rings. The lowest BCUT2D eigenvalue weighted by Crippen LogP contribution is -2.56.